The van der Waals surface area contributed by atoms with E-state index in [1.54, 1.807) is 47.6 Å². The molecule has 2 atom stereocenters. The van der Waals surface area contributed by atoms with E-state index in [9.17, 15) is 19.5 Å². The first-order valence-electron chi connectivity index (χ1n) is 13.3. The van der Waals surface area contributed by atoms with E-state index in [1.165, 1.54) is 0 Å². The third-order valence-electron chi connectivity index (χ3n) is 6.44. The van der Waals surface area contributed by atoms with Crippen LogP contribution in [0.2, 0.25) is 0 Å². The Morgan fingerprint density at radius 3 is 2.28 bits per heavy atom. The van der Waals surface area contributed by atoms with Gasteiger partial charge in [0.2, 0.25) is 11.8 Å². The van der Waals surface area contributed by atoms with Crippen molar-refractivity contribution in [3.63, 3.8) is 0 Å². The fourth-order valence-electron chi connectivity index (χ4n) is 4.38. The molecule has 2 aromatic rings. The molecule has 1 aliphatic carbocycles. The molecule has 1 aromatic heterocycles. The van der Waals surface area contributed by atoms with Crippen molar-refractivity contribution >= 4 is 17.9 Å². The predicted molar refractivity (Wildman–Crippen MR) is 144 cm³/mol. The maximum Gasteiger partial charge on any atom is 0.408 e. The number of hydrogen-bond acceptors (Lipinski definition) is 7. The molecule has 39 heavy (non-hydrogen) atoms. The van der Waals surface area contributed by atoms with Crippen LogP contribution in [0.3, 0.4) is 0 Å². The highest BCUT2D eigenvalue weighted by Crippen LogP contribution is 2.28. The van der Waals surface area contributed by atoms with Crippen LogP contribution in [0, 0.1) is 0 Å². The monoisotopic (exact) mass is 541 g/mol. The lowest BCUT2D eigenvalue weighted by molar-refractivity contribution is -0.161. The fourth-order valence-corrected chi connectivity index (χ4v) is 4.38. The van der Waals surface area contributed by atoms with Gasteiger partial charge in [0.05, 0.1) is 6.54 Å². The first-order valence-corrected chi connectivity index (χ1v) is 13.3. The van der Waals surface area contributed by atoms with E-state index < -0.39 is 30.4 Å². The average Bonchev–Trinajstić information content (AvgIpc) is 3.77. The molecule has 1 saturated carbocycles. The number of carbonyl (C=O) groups is 3. The molecule has 0 bridgehead atoms. The smallest absolute Gasteiger partial charge is 0.408 e. The Morgan fingerprint density at radius 1 is 1.08 bits per heavy atom. The summed E-state index contributed by atoms with van der Waals surface area (Å²) in [7, 11) is 0. The number of pyridine rings is 1. The summed E-state index contributed by atoms with van der Waals surface area (Å²) < 4.78 is 11.4. The molecule has 2 unspecified atom stereocenters. The molecule has 0 spiro atoms. The highest BCUT2D eigenvalue weighted by atomic mass is 16.7. The van der Waals surface area contributed by atoms with Crippen LogP contribution in [-0.4, -0.2) is 88.5 Å². The zero-order chi connectivity index (χ0) is 28.2. The third kappa shape index (κ3) is 9.02. The van der Waals surface area contributed by atoms with Gasteiger partial charge >= 0.3 is 6.09 Å². The first kappa shape index (κ1) is 30.0. The van der Waals surface area contributed by atoms with Crippen molar-refractivity contribution in [2.75, 3.05) is 26.3 Å². The number of nitrogens with two attached hydrogens (primary N) is 1. The molecular formula is C28H39N5O6. The molecule has 1 aromatic carbocycles. The van der Waals surface area contributed by atoms with Crippen LogP contribution in [0.25, 0.3) is 0 Å². The topological polar surface area (TPSA) is 147 Å². The summed E-state index contributed by atoms with van der Waals surface area (Å²) in [6.45, 7) is 4.53. The maximum absolute atomic E-state index is 13.9. The second-order valence-electron chi connectivity index (χ2n) is 9.34. The Hall–Kier alpha value is -3.54. The summed E-state index contributed by atoms with van der Waals surface area (Å²) in [5.41, 5.74) is 7.38. The summed E-state index contributed by atoms with van der Waals surface area (Å²) in [5, 5.41) is 12.7. The van der Waals surface area contributed by atoms with Crippen LogP contribution in [0.1, 0.15) is 37.8 Å². The van der Waals surface area contributed by atoms with Gasteiger partial charge in [0.1, 0.15) is 12.1 Å². The summed E-state index contributed by atoms with van der Waals surface area (Å²) >= 11 is 0. The number of aromatic nitrogens is 1. The number of carbonyl (C=O) groups excluding carboxylic acids is 2. The molecule has 1 heterocycles. The van der Waals surface area contributed by atoms with Gasteiger partial charge in [0, 0.05) is 51.2 Å². The molecule has 11 heteroatoms. The van der Waals surface area contributed by atoms with Crippen molar-refractivity contribution in [2.24, 2.45) is 5.73 Å². The molecule has 0 radical (unpaired) electrons. The van der Waals surface area contributed by atoms with Crippen LogP contribution in [0.15, 0.2) is 54.9 Å². The Kier molecular flexibility index (Phi) is 11.7. The van der Waals surface area contributed by atoms with E-state index in [0.717, 1.165) is 23.3 Å². The lowest BCUT2D eigenvalue weighted by Crippen LogP contribution is -2.58. The quantitative estimate of drug-likeness (QED) is 0.274. The fraction of sp³-hybridized carbons (Fsp3) is 0.500. The highest BCUT2D eigenvalue weighted by Gasteiger charge is 2.39. The number of nitrogens with one attached hydrogen (secondary N) is 1. The number of ether oxygens (including phenoxy) is 2. The molecular weight excluding hydrogens is 502 g/mol. The van der Waals surface area contributed by atoms with Crippen LogP contribution < -0.4 is 11.1 Å². The Balaban J connectivity index is 1.84. The molecule has 1 fully saturated rings. The molecule has 3 rings (SSSR count). The number of rotatable bonds is 16. The Labute approximate surface area is 229 Å². The van der Waals surface area contributed by atoms with Crippen LogP contribution in [0.4, 0.5) is 4.79 Å². The van der Waals surface area contributed by atoms with Crippen molar-refractivity contribution in [1.82, 2.24) is 20.1 Å². The summed E-state index contributed by atoms with van der Waals surface area (Å²) in [6, 6.07) is 10.4. The molecule has 1 aliphatic rings. The van der Waals surface area contributed by atoms with Gasteiger partial charge in [-0.05, 0) is 43.9 Å². The van der Waals surface area contributed by atoms with Gasteiger partial charge in [-0.15, -0.1) is 0 Å². The van der Waals surface area contributed by atoms with Gasteiger partial charge in [0.25, 0.3) is 0 Å². The van der Waals surface area contributed by atoms with Crippen molar-refractivity contribution in [3.05, 3.63) is 66.0 Å². The standard InChI is InChI=1S/C28H39N5O6/c1-3-38-25(39-4-2)19-32(22-12-13-22)27(35)23(15-21-11-8-14-30-17-21)31-26(34)24(16-29)33(28(36)37)18-20-9-6-5-7-10-20/h5-11,14,17,22-25H,3-4,12-13,15-16,18-19,29H2,1-2H3,(H,31,34)(H,36,37). The second-order valence-corrected chi connectivity index (χ2v) is 9.34. The summed E-state index contributed by atoms with van der Waals surface area (Å²) in [5.74, 6) is -0.931. The number of carboxylic acid groups (broad SMARTS) is 1. The Morgan fingerprint density at radius 2 is 1.74 bits per heavy atom. The molecule has 212 valence electrons. The van der Waals surface area contributed by atoms with E-state index in [-0.39, 0.29) is 38.0 Å². The third-order valence-corrected chi connectivity index (χ3v) is 6.44. The lowest BCUT2D eigenvalue weighted by Gasteiger charge is -2.33. The van der Waals surface area contributed by atoms with E-state index in [4.69, 9.17) is 15.2 Å². The van der Waals surface area contributed by atoms with E-state index in [1.807, 2.05) is 26.0 Å². The van der Waals surface area contributed by atoms with E-state index >= 15 is 0 Å². The molecule has 4 N–H and O–H groups in total. The van der Waals surface area contributed by atoms with Crippen molar-refractivity contribution in [2.45, 2.75) is 64.1 Å². The number of benzene rings is 1. The first-order chi connectivity index (χ1) is 18.9. The van der Waals surface area contributed by atoms with Crippen LogP contribution in [-0.2, 0) is 32.0 Å². The van der Waals surface area contributed by atoms with Gasteiger partial charge in [0.15, 0.2) is 6.29 Å². The van der Waals surface area contributed by atoms with Crippen molar-refractivity contribution in [3.8, 4) is 0 Å². The van der Waals surface area contributed by atoms with Gasteiger partial charge in [-0.2, -0.15) is 0 Å². The minimum absolute atomic E-state index is 0.0214. The van der Waals surface area contributed by atoms with E-state index in [0.29, 0.717) is 18.8 Å². The zero-order valence-electron chi connectivity index (χ0n) is 22.6. The Bertz CT molecular complexity index is 1050. The number of hydrogen-bond donors (Lipinski definition) is 3. The lowest BCUT2D eigenvalue weighted by atomic mass is 10.0. The summed E-state index contributed by atoms with van der Waals surface area (Å²) in [4.78, 5) is 46.4. The predicted octanol–water partition coefficient (Wildman–Crippen LogP) is 2.01. The van der Waals surface area contributed by atoms with Crippen LogP contribution >= 0.6 is 0 Å². The summed E-state index contributed by atoms with van der Waals surface area (Å²) in [6.07, 6.45) is 3.26. The largest absolute Gasteiger partial charge is 0.465 e. The van der Waals surface area contributed by atoms with Gasteiger partial charge < -0.3 is 30.5 Å². The second kappa shape index (κ2) is 15.2. The van der Waals surface area contributed by atoms with E-state index in [2.05, 4.69) is 10.3 Å². The SMILES string of the molecule is CCOC(CN(C(=O)C(Cc1cccnc1)NC(=O)C(CN)N(Cc1ccccc1)C(=O)O)C1CC1)OCC. The van der Waals surface area contributed by atoms with Crippen molar-refractivity contribution in [1.29, 1.82) is 0 Å². The van der Waals surface area contributed by atoms with Gasteiger partial charge in [-0.25, -0.2) is 4.79 Å². The molecule has 0 saturated heterocycles. The molecule has 11 nitrogen and oxygen atoms in total. The van der Waals surface area contributed by atoms with Gasteiger partial charge in [-0.1, -0.05) is 36.4 Å². The molecule has 0 aliphatic heterocycles. The number of nitrogens with zero attached hydrogens (tertiary/aromatic N) is 3. The minimum Gasteiger partial charge on any atom is -0.465 e. The van der Waals surface area contributed by atoms with Crippen molar-refractivity contribution < 1.29 is 29.0 Å². The average molecular weight is 542 g/mol. The van der Waals surface area contributed by atoms with Gasteiger partial charge in [-0.3, -0.25) is 19.5 Å². The van der Waals surface area contributed by atoms with Crippen LogP contribution in [0.5, 0.6) is 0 Å². The molecule has 3 amide bonds. The number of amides is 3. The normalized spacial score (nSPS) is 14.5. The highest BCUT2D eigenvalue weighted by molar-refractivity contribution is 5.91. The minimum atomic E-state index is -1.28. The zero-order valence-corrected chi connectivity index (χ0v) is 22.6. The maximum atomic E-state index is 13.9.